The SMILES string of the molecule is CCN(CCCO)CC1Cc2cc(Cl)ccc2O1. The van der Waals surface area contributed by atoms with Gasteiger partial charge in [-0.1, -0.05) is 18.5 Å². The maximum Gasteiger partial charge on any atom is 0.123 e. The van der Waals surface area contributed by atoms with Gasteiger partial charge in [0.05, 0.1) is 0 Å². The molecular formula is C14H20ClNO2. The highest BCUT2D eigenvalue weighted by atomic mass is 35.5. The number of hydrogen-bond donors (Lipinski definition) is 1. The number of fused-ring (bicyclic) bond motifs is 1. The molecule has 1 atom stereocenters. The van der Waals surface area contributed by atoms with Gasteiger partial charge in [-0.25, -0.2) is 0 Å². The molecule has 1 aromatic carbocycles. The topological polar surface area (TPSA) is 32.7 Å². The van der Waals surface area contributed by atoms with Crippen LogP contribution in [0.25, 0.3) is 0 Å². The van der Waals surface area contributed by atoms with Crippen molar-refractivity contribution in [3.63, 3.8) is 0 Å². The van der Waals surface area contributed by atoms with E-state index in [2.05, 4.69) is 11.8 Å². The highest BCUT2D eigenvalue weighted by molar-refractivity contribution is 6.30. The second-order valence-electron chi connectivity index (χ2n) is 4.67. The van der Waals surface area contributed by atoms with E-state index in [-0.39, 0.29) is 12.7 Å². The summed E-state index contributed by atoms with van der Waals surface area (Å²) in [6.45, 7) is 5.19. The summed E-state index contributed by atoms with van der Waals surface area (Å²) in [6, 6.07) is 5.80. The van der Waals surface area contributed by atoms with Crippen molar-refractivity contribution < 1.29 is 9.84 Å². The average molecular weight is 270 g/mol. The Hall–Kier alpha value is -0.770. The second-order valence-corrected chi connectivity index (χ2v) is 5.10. The Morgan fingerprint density at radius 3 is 3.06 bits per heavy atom. The largest absolute Gasteiger partial charge is 0.488 e. The summed E-state index contributed by atoms with van der Waals surface area (Å²) in [5.41, 5.74) is 1.20. The fraction of sp³-hybridized carbons (Fsp3) is 0.571. The number of likely N-dealkylation sites (N-methyl/N-ethyl adjacent to an activating group) is 1. The van der Waals surface area contributed by atoms with E-state index >= 15 is 0 Å². The molecule has 0 aliphatic carbocycles. The van der Waals surface area contributed by atoms with E-state index in [9.17, 15) is 0 Å². The van der Waals surface area contributed by atoms with Gasteiger partial charge < -0.3 is 9.84 Å². The lowest BCUT2D eigenvalue weighted by molar-refractivity contribution is 0.146. The summed E-state index contributed by atoms with van der Waals surface area (Å²) in [5, 5.41) is 9.64. The van der Waals surface area contributed by atoms with Crippen LogP contribution in [-0.2, 0) is 6.42 Å². The Morgan fingerprint density at radius 1 is 1.50 bits per heavy atom. The first kappa shape index (κ1) is 13.7. The van der Waals surface area contributed by atoms with Crippen molar-refractivity contribution in [2.24, 2.45) is 0 Å². The van der Waals surface area contributed by atoms with E-state index in [1.807, 2.05) is 18.2 Å². The number of aliphatic hydroxyl groups is 1. The third-order valence-electron chi connectivity index (χ3n) is 3.31. The maximum atomic E-state index is 8.87. The second kappa shape index (κ2) is 6.41. The lowest BCUT2D eigenvalue weighted by Gasteiger charge is -2.23. The Bertz CT molecular complexity index is 397. The van der Waals surface area contributed by atoms with Gasteiger partial charge in [0.2, 0.25) is 0 Å². The third kappa shape index (κ3) is 3.37. The summed E-state index contributed by atoms with van der Waals surface area (Å²) in [7, 11) is 0. The maximum absolute atomic E-state index is 8.87. The van der Waals surface area contributed by atoms with Crippen molar-refractivity contribution in [1.29, 1.82) is 0 Å². The summed E-state index contributed by atoms with van der Waals surface area (Å²) in [5.74, 6) is 0.961. The molecule has 0 fully saturated rings. The van der Waals surface area contributed by atoms with E-state index in [1.165, 1.54) is 5.56 Å². The fourth-order valence-corrected chi connectivity index (χ4v) is 2.55. The number of ether oxygens (including phenoxy) is 1. The molecule has 100 valence electrons. The van der Waals surface area contributed by atoms with Crippen molar-refractivity contribution in [3.8, 4) is 5.75 Å². The lowest BCUT2D eigenvalue weighted by Crippen LogP contribution is -2.35. The molecule has 1 aliphatic rings. The van der Waals surface area contributed by atoms with Gasteiger partial charge in [0, 0.05) is 31.1 Å². The van der Waals surface area contributed by atoms with Crippen molar-refractivity contribution in [1.82, 2.24) is 4.90 Å². The molecule has 3 nitrogen and oxygen atoms in total. The lowest BCUT2D eigenvalue weighted by atomic mass is 10.1. The first-order valence-electron chi connectivity index (χ1n) is 6.51. The summed E-state index contributed by atoms with van der Waals surface area (Å²) >= 11 is 5.98. The van der Waals surface area contributed by atoms with Crippen LogP contribution in [0.15, 0.2) is 18.2 Å². The minimum Gasteiger partial charge on any atom is -0.488 e. The summed E-state index contributed by atoms with van der Waals surface area (Å²) < 4.78 is 5.91. The molecule has 1 unspecified atom stereocenters. The van der Waals surface area contributed by atoms with E-state index in [1.54, 1.807) is 0 Å². The Balaban J connectivity index is 1.90. The van der Waals surface area contributed by atoms with Crippen molar-refractivity contribution >= 4 is 11.6 Å². The molecule has 0 bridgehead atoms. The minimum atomic E-state index is 0.206. The molecule has 1 heterocycles. The molecule has 0 radical (unpaired) electrons. The molecule has 1 aromatic rings. The smallest absolute Gasteiger partial charge is 0.123 e. The molecule has 4 heteroatoms. The van der Waals surface area contributed by atoms with Gasteiger partial charge in [-0.15, -0.1) is 0 Å². The Morgan fingerprint density at radius 2 is 2.33 bits per heavy atom. The van der Waals surface area contributed by atoms with Crippen LogP contribution in [0.1, 0.15) is 18.9 Å². The zero-order chi connectivity index (χ0) is 13.0. The van der Waals surface area contributed by atoms with Gasteiger partial charge >= 0.3 is 0 Å². The Kier molecular flexibility index (Phi) is 4.87. The number of halogens is 1. The highest BCUT2D eigenvalue weighted by Crippen LogP contribution is 2.31. The molecule has 0 saturated carbocycles. The van der Waals surface area contributed by atoms with E-state index < -0.39 is 0 Å². The number of nitrogens with zero attached hydrogens (tertiary/aromatic N) is 1. The zero-order valence-corrected chi connectivity index (χ0v) is 11.5. The molecule has 0 spiro atoms. The van der Waals surface area contributed by atoms with Crippen LogP contribution in [0, 0.1) is 0 Å². The first-order chi connectivity index (χ1) is 8.72. The molecule has 0 amide bonds. The number of aliphatic hydroxyl groups excluding tert-OH is 1. The minimum absolute atomic E-state index is 0.206. The van der Waals surface area contributed by atoms with E-state index in [0.717, 1.165) is 43.2 Å². The molecule has 0 saturated heterocycles. The highest BCUT2D eigenvalue weighted by Gasteiger charge is 2.24. The normalized spacial score (nSPS) is 17.9. The number of hydrogen-bond acceptors (Lipinski definition) is 3. The quantitative estimate of drug-likeness (QED) is 0.861. The van der Waals surface area contributed by atoms with Crippen molar-refractivity contribution in [3.05, 3.63) is 28.8 Å². The van der Waals surface area contributed by atoms with E-state index in [0.29, 0.717) is 0 Å². The predicted octanol–water partition coefficient (Wildman–Crippen LogP) is 2.35. The Labute approximate surface area is 113 Å². The summed E-state index contributed by atoms with van der Waals surface area (Å²) in [4.78, 5) is 2.31. The molecule has 1 aliphatic heterocycles. The monoisotopic (exact) mass is 269 g/mol. The predicted molar refractivity (Wildman–Crippen MR) is 73.4 cm³/mol. The van der Waals surface area contributed by atoms with Gasteiger partial charge in [-0.2, -0.15) is 0 Å². The van der Waals surface area contributed by atoms with Crippen molar-refractivity contribution in [2.45, 2.75) is 25.9 Å². The van der Waals surface area contributed by atoms with Gasteiger partial charge in [-0.05, 0) is 36.7 Å². The standard InChI is InChI=1S/C14H20ClNO2/c1-2-16(6-3-7-17)10-13-9-11-8-12(15)4-5-14(11)18-13/h4-5,8,13,17H,2-3,6-7,9-10H2,1H3. The summed E-state index contributed by atoms with van der Waals surface area (Å²) in [6.07, 6.45) is 1.95. The molecule has 1 N–H and O–H groups in total. The first-order valence-corrected chi connectivity index (χ1v) is 6.89. The number of rotatable bonds is 6. The van der Waals surface area contributed by atoms with Crippen LogP contribution < -0.4 is 4.74 Å². The van der Waals surface area contributed by atoms with E-state index in [4.69, 9.17) is 21.4 Å². The van der Waals surface area contributed by atoms with Gasteiger partial charge in [-0.3, -0.25) is 4.90 Å². The van der Waals surface area contributed by atoms with Crippen LogP contribution in [0.4, 0.5) is 0 Å². The van der Waals surface area contributed by atoms with Crippen LogP contribution in [0.2, 0.25) is 5.02 Å². The molecule has 0 aromatic heterocycles. The van der Waals surface area contributed by atoms with Gasteiger partial charge in [0.25, 0.3) is 0 Å². The van der Waals surface area contributed by atoms with Crippen LogP contribution in [0.3, 0.4) is 0 Å². The molecule has 18 heavy (non-hydrogen) atoms. The van der Waals surface area contributed by atoms with Gasteiger partial charge in [0.15, 0.2) is 0 Å². The number of benzene rings is 1. The van der Waals surface area contributed by atoms with Crippen LogP contribution >= 0.6 is 11.6 Å². The van der Waals surface area contributed by atoms with Crippen LogP contribution in [-0.4, -0.2) is 42.4 Å². The zero-order valence-electron chi connectivity index (χ0n) is 10.7. The third-order valence-corrected chi connectivity index (χ3v) is 3.54. The molecule has 2 rings (SSSR count). The molecular weight excluding hydrogens is 250 g/mol. The average Bonchev–Trinajstić information content (AvgIpc) is 2.75. The van der Waals surface area contributed by atoms with Crippen molar-refractivity contribution in [2.75, 3.05) is 26.2 Å². The fourth-order valence-electron chi connectivity index (χ4n) is 2.35. The van der Waals surface area contributed by atoms with Gasteiger partial charge in [0.1, 0.15) is 11.9 Å². The van der Waals surface area contributed by atoms with Crippen LogP contribution in [0.5, 0.6) is 5.75 Å².